The molecular formula is C15H18N6O2. The first-order chi connectivity index (χ1) is 11.1. The van der Waals surface area contributed by atoms with Crippen LogP contribution in [0.4, 0.5) is 23.1 Å². The van der Waals surface area contributed by atoms with Crippen LogP contribution in [-0.4, -0.2) is 34.0 Å². The van der Waals surface area contributed by atoms with Gasteiger partial charge in [0.25, 0.3) is 5.69 Å². The molecule has 0 aliphatic carbocycles. The van der Waals surface area contributed by atoms with Crippen molar-refractivity contribution in [3.05, 3.63) is 46.6 Å². The van der Waals surface area contributed by atoms with Crippen molar-refractivity contribution in [3.63, 3.8) is 0 Å². The lowest BCUT2D eigenvalue weighted by Crippen LogP contribution is -2.43. The van der Waals surface area contributed by atoms with Gasteiger partial charge in [-0.25, -0.2) is 4.98 Å². The molecule has 1 saturated heterocycles. The van der Waals surface area contributed by atoms with Gasteiger partial charge in [-0.1, -0.05) is 12.1 Å². The quantitative estimate of drug-likeness (QED) is 0.656. The highest BCUT2D eigenvalue weighted by Crippen LogP contribution is 2.26. The minimum absolute atomic E-state index is 0.0125. The van der Waals surface area contributed by atoms with Gasteiger partial charge >= 0.3 is 0 Å². The number of benzene rings is 1. The molecule has 2 aromatic rings. The molecule has 3 N–H and O–H groups in total. The molecule has 8 heteroatoms. The van der Waals surface area contributed by atoms with E-state index in [2.05, 4.69) is 20.2 Å². The van der Waals surface area contributed by atoms with Gasteiger partial charge in [0.15, 0.2) is 0 Å². The Labute approximate surface area is 133 Å². The van der Waals surface area contributed by atoms with Gasteiger partial charge in [-0.3, -0.25) is 10.1 Å². The fourth-order valence-electron chi connectivity index (χ4n) is 2.66. The molecule has 1 fully saturated rings. The van der Waals surface area contributed by atoms with Gasteiger partial charge < -0.3 is 16.0 Å². The van der Waals surface area contributed by atoms with Gasteiger partial charge in [0.1, 0.15) is 11.5 Å². The minimum Gasteiger partial charge on any atom is -0.355 e. The molecule has 1 atom stereocenters. The van der Waals surface area contributed by atoms with Crippen molar-refractivity contribution in [1.29, 1.82) is 0 Å². The summed E-state index contributed by atoms with van der Waals surface area (Å²) in [5.41, 5.74) is 6.35. The normalized spacial score (nSPS) is 17.8. The maximum atomic E-state index is 11.1. The van der Waals surface area contributed by atoms with E-state index in [9.17, 15) is 10.1 Å². The van der Waals surface area contributed by atoms with E-state index < -0.39 is 4.92 Å². The Kier molecular flexibility index (Phi) is 4.33. The molecular weight excluding hydrogens is 296 g/mol. The third-order valence-electron chi connectivity index (χ3n) is 3.77. The number of rotatable bonds is 4. The summed E-state index contributed by atoms with van der Waals surface area (Å²) in [6.07, 6.45) is 3.68. The van der Waals surface area contributed by atoms with E-state index in [0.29, 0.717) is 11.6 Å². The SMILES string of the molecule is NC1CCCN(c2ccnc(Nc3ccccc3[N+](=O)[O-])n2)C1. The van der Waals surface area contributed by atoms with Gasteiger partial charge in [-0.05, 0) is 25.0 Å². The number of nitrogens with zero attached hydrogens (tertiary/aromatic N) is 4. The van der Waals surface area contributed by atoms with Crippen LogP contribution in [0.5, 0.6) is 0 Å². The molecule has 1 aromatic carbocycles. The van der Waals surface area contributed by atoms with E-state index in [-0.39, 0.29) is 11.7 Å². The summed E-state index contributed by atoms with van der Waals surface area (Å²) in [6.45, 7) is 1.65. The van der Waals surface area contributed by atoms with Crippen LogP contribution in [0.3, 0.4) is 0 Å². The van der Waals surface area contributed by atoms with Crippen LogP contribution >= 0.6 is 0 Å². The van der Waals surface area contributed by atoms with Crippen molar-refractivity contribution in [1.82, 2.24) is 9.97 Å². The number of anilines is 3. The summed E-state index contributed by atoms with van der Waals surface area (Å²) >= 11 is 0. The molecule has 0 spiro atoms. The van der Waals surface area contributed by atoms with E-state index in [0.717, 1.165) is 31.7 Å². The monoisotopic (exact) mass is 314 g/mol. The maximum absolute atomic E-state index is 11.1. The first kappa shape index (κ1) is 15.2. The van der Waals surface area contributed by atoms with Gasteiger partial charge in [0.2, 0.25) is 5.95 Å². The lowest BCUT2D eigenvalue weighted by Gasteiger charge is -2.31. The van der Waals surface area contributed by atoms with Crippen LogP contribution in [0.15, 0.2) is 36.5 Å². The molecule has 0 amide bonds. The van der Waals surface area contributed by atoms with Crippen LogP contribution in [0, 0.1) is 10.1 Å². The number of piperidine rings is 1. The maximum Gasteiger partial charge on any atom is 0.292 e. The predicted molar refractivity (Wildman–Crippen MR) is 87.8 cm³/mol. The van der Waals surface area contributed by atoms with Crippen molar-refractivity contribution in [2.24, 2.45) is 5.73 Å². The lowest BCUT2D eigenvalue weighted by atomic mass is 10.1. The largest absolute Gasteiger partial charge is 0.355 e. The van der Waals surface area contributed by atoms with Crippen LogP contribution < -0.4 is 16.0 Å². The molecule has 1 aliphatic rings. The number of nitro groups is 1. The highest BCUT2D eigenvalue weighted by Gasteiger charge is 2.19. The third-order valence-corrected chi connectivity index (χ3v) is 3.77. The zero-order chi connectivity index (χ0) is 16.2. The second-order valence-electron chi connectivity index (χ2n) is 5.49. The highest BCUT2D eigenvalue weighted by molar-refractivity contribution is 5.66. The number of para-hydroxylation sites is 2. The van der Waals surface area contributed by atoms with E-state index >= 15 is 0 Å². The summed E-state index contributed by atoms with van der Waals surface area (Å²) in [5.74, 6) is 1.10. The number of nitrogens with one attached hydrogen (secondary N) is 1. The zero-order valence-electron chi connectivity index (χ0n) is 12.6. The zero-order valence-corrected chi connectivity index (χ0v) is 12.6. The molecule has 8 nitrogen and oxygen atoms in total. The molecule has 1 aromatic heterocycles. The standard InChI is InChI=1S/C15H18N6O2/c16-11-4-3-9-20(10-11)14-7-8-17-15(19-14)18-12-5-1-2-6-13(12)21(22)23/h1-2,5-8,11H,3-4,9-10,16H2,(H,17,18,19). The summed E-state index contributed by atoms with van der Waals surface area (Å²) in [7, 11) is 0. The lowest BCUT2D eigenvalue weighted by molar-refractivity contribution is -0.383. The van der Waals surface area contributed by atoms with Gasteiger partial charge in [-0.2, -0.15) is 4.98 Å². The van der Waals surface area contributed by atoms with Crippen molar-refractivity contribution >= 4 is 23.1 Å². The molecule has 0 bridgehead atoms. The smallest absolute Gasteiger partial charge is 0.292 e. The van der Waals surface area contributed by atoms with Gasteiger partial charge in [0.05, 0.1) is 4.92 Å². The number of nitrogens with two attached hydrogens (primary N) is 1. The molecule has 0 saturated carbocycles. The molecule has 3 rings (SSSR count). The summed E-state index contributed by atoms with van der Waals surface area (Å²) in [4.78, 5) is 21.3. The Morgan fingerprint density at radius 1 is 1.35 bits per heavy atom. The molecule has 0 radical (unpaired) electrons. The van der Waals surface area contributed by atoms with E-state index in [1.807, 2.05) is 6.07 Å². The van der Waals surface area contributed by atoms with Gasteiger partial charge in [-0.15, -0.1) is 0 Å². The first-order valence-corrected chi connectivity index (χ1v) is 7.47. The molecule has 1 unspecified atom stereocenters. The average Bonchev–Trinajstić information content (AvgIpc) is 2.55. The average molecular weight is 314 g/mol. The van der Waals surface area contributed by atoms with E-state index in [4.69, 9.17) is 5.73 Å². The number of aromatic nitrogens is 2. The van der Waals surface area contributed by atoms with E-state index in [1.165, 1.54) is 6.07 Å². The van der Waals surface area contributed by atoms with Crippen molar-refractivity contribution in [2.45, 2.75) is 18.9 Å². The number of nitro benzene ring substituents is 1. The molecule has 1 aliphatic heterocycles. The topological polar surface area (TPSA) is 110 Å². The van der Waals surface area contributed by atoms with Crippen molar-refractivity contribution < 1.29 is 4.92 Å². The van der Waals surface area contributed by atoms with E-state index in [1.54, 1.807) is 24.4 Å². The Hall–Kier alpha value is -2.74. The Bertz CT molecular complexity index is 708. The Morgan fingerprint density at radius 3 is 2.96 bits per heavy atom. The van der Waals surface area contributed by atoms with Crippen molar-refractivity contribution in [3.8, 4) is 0 Å². The number of hydrogen-bond donors (Lipinski definition) is 2. The molecule has 120 valence electrons. The summed E-state index contributed by atoms with van der Waals surface area (Å²) in [6, 6.07) is 8.38. The Morgan fingerprint density at radius 2 is 2.17 bits per heavy atom. The highest BCUT2D eigenvalue weighted by atomic mass is 16.6. The van der Waals surface area contributed by atoms with Crippen LogP contribution in [0.25, 0.3) is 0 Å². The Balaban J connectivity index is 1.82. The summed E-state index contributed by atoms with van der Waals surface area (Å²) in [5, 5.41) is 14.0. The fraction of sp³-hybridized carbons (Fsp3) is 0.333. The fourth-order valence-corrected chi connectivity index (χ4v) is 2.66. The molecule has 23 heavy (non-hydrogen) atoms. The molecule has 2 heterocycles. The number of hydrogen-bond acceptors (Lipinski definition) is 7. The van der Waals surface area contributed by atoms with Gasteiger partial charge in [0, 0.05) is 31.4 Å². The van der Waals surface area contributed by atoms with Crippen LogP contribution in [-0.2, 0) is 0 Å². The second kappa shape index (κ2) is 6.57. The minimum atomic E-state index is -0.435. The summed E-state index contributed by atoms with van der Waals surface area (Å²) < 4.78 is 0. The van der Waals surface area contributed by atoms with Crippen LogP contribution in [0.2, 0.25) is 0 Å². The third kappa shape index (κ3) is 3.54. The predicted octanol–water partition coefficient (Wildman–Crippen LogP) is 2.06. The van der Waals surface area contributed by atoms with Crippen molar-refractivity contribution in [2.75, 3.05) is 23.3 Å². The van der Waals surface area contributed by atoms with Crippen LogP contribution in [0.1, 0.15) is 12.8 Å². The first-order valence-electron chi connectivity index (χ1n) is 7.47. The second-order valence-corrected chi connectivity index (χ2v) is 5.49.